The first-order valence-electron chi connectivity index (χ1n) is 5.85. The van der Waals surface area contributed by atoms with Gasteiger partial charge >= 0.3 is 6.01 Å². The first kappa shape index (κ1) is 11.3. The first-order valence-corrected chi connectivity index (χ1v) is 5.85. The standard InChI is InChI=1S/C12H19N3O/c1-8-11(10-6-4-5-7-13-10)9(2)15-12(14-8)16-3/h10,13H,4-7H2,1-3H3. The molecular weight excluding hydrogens is 202 g/mol. The zero-order valence-electron chi connectivity index (χ0n) is 10.2. The van der Waals surface area contributed by atoms with Crippen molar-refractivity contribution in [1.82, 2.24) is 15.3 Å². The molecule has 1 saturated heterocycles. The molecule has 0 amide bonds. The highest BCUT2D eigenvalue weighted by Crippen LogP contribution is 2.27. The predicted octanol–water partition coefficient (Wildman–Crippen LogP) is 1.92. The molecule has 1 unspecified atom stereocenters. The molecule has 1 aliphatic heterocycles. The van der Waals surface area contributed by atoms with Gasteiger partial charge in [0.1, 0.15) is 0 Å². The fraction of sp³-hybridized carbons (Fsp3) is 0.667. The Bertz CT molecular complexity index is 350. The summed E-state index contributed by atoms with van der Waals surface area (Å²) in [4.78, 5) is 8.71. The summed E-state index contributed by atoms with van der Waals surface area (Å²) in [6.45, 7) is 5.15. The maximum atomic E-state index is 5.08. The summed E-state index contributed by atoms with van der Waals surface area (Å²) in [7, 11) is 1.60. The van der Waals surface area contributed by atoms with Gasteiger partial charge in [-0.3, -0.25) is 0 Å². The number of hydrogen-bond donors (Lipinski definition) is 1. The Labute approximate surface area is 96.4 Å². The quantitative estimate of drug-likeness (QED) is 0.828. The largest absolute Gasteiger partial charge is 0.467 e. The van der Waals surface area contributed by atoms with E-state index in [0.717, 1.165) is 17.9 Å². The number of nitrogens with one attached hydrogen (secondary N) is 1. The Hall–Kier alpha value is -1.16. The minimum absolute atomic E-state index is 0.416. The van der Waals surface area contributed by atoms with Gasteiger partial charge in [0.05, 0.1) is 7.11 Å². The molecule has 0 spiro atoms. The van der Waals surface area contributed by atoms with E-state index < -0.39 is 0 Å². The van der Waals surface area contributed by atoms with Crippen molar-refractivity contribution in [2.45, 2.75) is 39.2 Å². The molecule has 4 nitrogen and oxygen atoms in total. The molecule has 88 valence electrons. The van der Waals surface area contributed by atoms with Gasteiger partial charge in [-0.2, -0.15) is 0 Å². The molecule has 2 rings (SSSR count). The molecule has 1 aliphatic rings. The molecule has 2 heterocycles. The first-order chi connectivity index (χ1) is 7.72. The SMILES string of the molecule is COc1nc(C)c(C2CCCCN2)c(C)n1. The van der Waals surface area contributed by atoms with Crippen molar-refractivity contribution in [3.63, 3.8) is 0 Å². The third-order valence-corrected chi connectivity index (χ3v) is 3.15. The van der Waals surface area contributed by atoms with Crippen molar-refractivity contribution in [2.75, 3.05) is 13.7 Å². The number of nitrogens with zero attached hydrogens (tertiary/aromatic N) is 2. The van der Waals surface area contributed by atoms with Crippen LogP contribution in [0.2, 0.25) is 0 Å². The number of aryl methyl sites for hydroxylation is 2. The molecule has 1 aromatic heterocycles. The van der Waals surface area contributed by atoms with Gasteiger partial charge in [0.2, 0.25) is 0 Å². The summed E-state index contributed by atoms with van der Waals surface area (Å²) >= 11 is 0. The van der Waals surface area contributed by atoms with Crippen LogP contribution >= 0.6 is 0 Å². The summed E-state index contributed by atoms with van der Waals surface area (Å²) < 4.78 is 5.08. The van der Waals surface area contributed by atoms with Crippen molar-refractivity contribution in [2.24, 2.45) is 0 Å². The van der Waals surface area contributed by atoms with Gasteiger partial charge in [-0.1, -0.05) is 6.42 Å². The van der Waals surface area contributed by atoms with Crippen molar-refractivity contribution in [3.05, 3.63) is 17.0 Å². The minimum atomic E-state index is 0.416. The van der Waals surface area contributed by atoms with Crippen LogP contribution in [0.5, 0.6) is 6.01 Å². The Morgan fingerprint density at radius 1 is 1.19 bits per heavy atom. The fourth-order valence-electron chi connectivity index (χ4n) is 2.39. The van der Waals surface area contributed by atoms with Gasteiger partial charge in [0.15, 0.2) is 0 Å². The van der Waals surface area contributed by atoms with Crippen LogP contribution in [0, 0.1) is 13.8 Å². The van der Waals surface area contributed by atoms with Gasteiger partial charge in [-0.25, -0.2) is 9.97 Å². The molecule has 16 heavy (non-hydrogen) atoms. The van der Waals surface area contributed by atoms with E-state index in [-0.39, 0.29) is 0 Å². The Kier molecular flexibility index (Phi) is 3.39. The van der Waals surface area contributed by atoms with Gasteiger partial charge in [-0.05, 0) is 33.2 Å². The van der Waals surface area contributed by atoms with Crippen LogP contribution in [-0.4, -0.2) is 23.6 Å². The summed E-state index contributed by atoms with van der Waals surface area (Å²) in [6.07, 6.45) is 3.73. The van der Waals surface area contributed by atoms with Gasteiger partial charge in [-0.15, -0.1) is 0 Å². The van der Waals surface area contributed by atoms with Crippen LogP contribution in [0.15, 0.2) is 0 Å². The second kappa shape index (κ2) is 4.78. The van der Waals surface area contributed by atoms with Crippen LogP contribution in [0.4, 0.5) is 0 Å². The van der Waals surface area contributed by atoms with Crippen molar-refractivity contribution < 1.29 is 4.74 Å². The monoisotopic (exact) mass is 221 g/mol. The summed E-state index contributed by atoms with van der Waals surface area (Å²) in [5, 5.41) is 3.53. The molecule has 1 N–H and O–H groups in total. The molecule has 0 radical (unpaired) electrons. The van der Waals surface area contributed by atoms with E-state index in [1.165, 1.54) is 24.8 Å². The summed E-state index contributed by atoms with van der Waals surface area (Å²) in [6, 6.07) is 0.884. The minimum Gasteiger partial charge on any atom is -0.467 e. The average molecular weight is 221 g/mol. The van der Waals surface area contributed by atoms with E-state index >= 15 is 0 Å². The van der Waals surface area contributed by atoms with Crippen LogP contribution < -0.4 is 10.1 Å². The molecule has 0 bridgehead atoms. The lowest BCUT2D eigenvalue weighted by atomic mass is 9.95. The number of methoxy groups -OCH3 is 1. The fourth-order valence-corrected chi connectivity index (χ4v) is 2.39. The van der Waals surface area contributed by atoms with E-state index in [2.05, 4.69) is 15.3 Å². The lowest BCUT2D eigenvalue weighted by molar-refractivity contribution is 0.371. The van der Waals surface area contributed by atoms with Crippen molar-refractivity contribution in [1.29, 1.82) is 0 Å². The average Bonchev–Trinajstić information content (AvgIpc) is 2.29. The van der Waals surface area contributed by atoms with E-state index in [4.69, 9.17) is 4.74 Å². The highest BCUT2D eigenvalue weighted by Gasteiger charge is 2.20. The Morgan fingerprint density at radius 3 is 2.38 bits per heavy atom. The Morgan fingerprint density at radius 2 is 1.88 bits per heavy atom. The molecule has 0 aromatic carbocycles. The number of hydrogen-bond acceptors (Lipinski definition) is 4. The van der Waals surface area contributed by atoms with Gasteiger partial charge < -0.3 is 10.1 Å². The molecule has 0 saturated carbocycles. The van der Waals surface area contributed by atoms with Crippen LogP contribution in [0.1, 0.15) is 42.3 Å². The summed E-state index contributed by atoms with van der Waals surface area (Å²) in [5.41, 5.74) is 3.31. The van der Waals surface area contributed by atoms with Crippen molar-refractivity contribution in [3.8, 4) is 6.01 Å². The van der Waals surface area contributed by atoms with Crippen LogP contribution in [-0.2, 0) is 0 Å². The maximum Gasteiger partial charge on any atom is 0.316 e. The van der Waals surface area contributed by atoms with E-state index in [9.17, 15) is 0 Å². The second-order valence-corrected chi connectivity index (χ2v) is 4.30. The predicted molar refractivity (Wildman–Crippen MR) is 62.7 cm³/mol. The molecule has 4 heteroatoms. The van der Waals surface area contributed by atoms with Gasteiger partial charge in [0.25, 0.3) is 0 Å². The number of ether oxygens (including phenoxy) is 1. The molecular formula is C12H19N3O. The molecule has 1 aromatic rings. The normalized spacial score (nSPS) is 20.8. The molecule has 0 aliphatic carbocycles. The highest BCUT2D eigenvalue weighted by atomic mass is 16.5. The highest BCUT2D eigenvalue weighted by molar-refractivity contribution is 5.29. The molecule has 1 atom stereocenters. The number of rotatable bonds is 2. The number of piperidine rings is 1. The second-order valence-electron chi connectivity index (χ2n) is 4.30. The zero-order chi connectivity index (χ0) is 11.5. The third-order valence-electron chi connectivity index (χ3n) is 3.15. The topological polar surface area (TPSA) is 47.0 Å². The van der Waals surface area contributed by atoms with E-state index in [1.807, 2.05) is 13.8 Å². The third kappa shape index (κ3) is 2.16. The lowest BCUT2D eigenvalue weighted by Gasteiger charge is -2.26. The maximum absolute atomic E-state index is 5.08. The number of aromatic nitrogens is 2. The van der Waals surface area contributed by atoms with Gasteiger partial charge in [0, 0.05) is 23.0 Å². The zero-order valence-corrected chi connectivity index (χ0v) is 10.2. The smallest absolute Gasteiger partial charge is 0.316 e. The lowest BCUT2D eigenvalue weighted by Crippen LogP contribution is -2.28. The molecule has 1 fully saturated rings. The Balaban J connectivity index is 2.32. The van der Waals surface area contributed by atoms with E-state index in [0.29, 0.717) is 12.1 Å². The van der Waals surface area contributed by atoms with Crippen molar-refractivity contribution >= 4 is 0 Å². The van der Waals surface area contributed by atoms with E-state index in [1.54, 1.807) is 7.11 Å². The van der Waals surface area contributed by atoms with Crippen LogP contribution in [0.25, 0.3) is 0 Å². The summed E-state index contributed by atoms with van der Waals surface area (Å²) in [5.74, 6) is 0. The van der Waals surface area contributed by atoms with Crippen LogP contribution in [0.3, 0.4) is 0 Å².